The summed E-state index contributed by atoms with van der Waals surface area (Å²) >= 11 is 0. The fraction of sp³-hybridized carbons (Fsp3) is 0.650. The highest BCUT2D eigenvalue weighted by Crippen LogP contribution is 2.18. The third kappa shape index (κ3) is 4.95. The molecule has 0 saturated carbocycles. The van der Waals surface area contributed by atoms with E-state index in [9.17, 15) is 4.79 Å². The number of carbonyl (C=O) groups is 1. The van der Waals surface area contributed by atoms with Crippen molar-refractivity contribution in [1.29, 1.82) is 0 Å². The van der Waals surface area contributed by atoms with E-state index in [4.69, 9.17) is 0 Å². The maximum Gasteiger partial charge on any atom is 0.223 e. The first-order valence-corrected chi connectivity index (χ1v) is 9.64. The molecule has 1 N–H and O–H groups in total. The molecule has 0 bridgehead atoms. The lowest BCUT2D eigenvalue weighted by Gasteiger charge is -2.37. The molecule has 2 aliphatic heterocycles. The SMILES string of the molecule is Cc1cccc(N2CCN(CCC(=O)N(C)C3CCNCC3)CC2)c1. The number of aryl methyl sites for hydroxylation is 1. The number of rotatable bonds is 5. The van der Waals surface area contributed by atoms with E-state index in [1.165, 1.54) is 11.3 Å². The molecule has 0 radical (unpaired) electrons. The Labute approximate surface area is 152 Å². The maximum absolute atomic E-state index is 12.5. The largest absolute Gasteiger partial charge is 0.369 e. The third-order valence-corrected chi connectivity index (χ3v) is 5.63. The molecular formula is C20H32N4O. The highest BCUT2D eigenvalue weighted by Gasteiger charge is 2.23. The van der Waals surface area contributed by atoms with Gasteiger partial charge in [-0.15, -0.1) is 0 Å². The van der Waals surface area contributed by atoms with E-state index in [0.29, 0.717) is 18.4 Å². The summed E-state index contributed by atoms with van der Waals surface area (Å²) in [6, 6.07) is 9.15. The van der Waals surface area contributed by atoms with Gasteiger partial charge in [-0.05, 0) is 50.6 Å². The van der Waals surface area contributed by atoms with E-state index in [-0.39, 0.29) is 0 Å². The van der Waals surface area contributed by atoms with Crippen molar-refractivity contribution < 1.29 is 4.79 Å². The molecule has 0 aromatic heterocycles. The van der Waals surface area contributed by atoms with Gasteiger partial charge in [0, 0.05) is 57.9 Å². The van der Waals surface area contributed by atoms with E-state index in [0.717, 1.165) is 58.7 Å². The smallest absolute Gasteiger partial charge is 0.223 e. The highest BCUT2D eigenvalue weighted by atomic mass is 16.2. The number of amides is 1. The van der Waals surface area contributed by atoms with Gasteiger partial charge in [-0.1, -0.05) is 12.1 Å². The second-order valence-corrected chi connectivity index (χ2v) is 7.40. The maximum atomic E-state index is 12.5. The quantitative estimate of drug-likeness (QED) is 0.883. The Balaban J connectivity index is 1.41. The van der Waals surface area contributed by atoms with Crippen LogP contribution in [0.4, 0.5) is 5.69 Å². The molecule has 0 unspecified atom stereocenters. The minimum Gasteiger partial charge on any atom is -0.369 e. The molecule has 1 amide bonds. The summed E-state index contributed by atoms with van der Waals surface area (Å²) in [4.78, 5) is 19.3. The van der Waals surface area contributed by atoms with Crippen LogP contribution in [-0.4, -0.2) is 74.6 Å². The molecule has 3 rings (SSSR count). The van der Waals surface area contributed by atoms with Gasteiger partial charge < -0.3 is 15.1 Å². The van der Waals surface area contributed by atoms with E-state index in [1.807, 2.05) is 11.9 Å². The first kappa shape index (κ1) is 18.2. The van der Waals surface area contributed by atoms with Crippen LogP contribution in [0.2, 0.25) is 0 Å². The molecule has 138 valence electrons. The monoisotopic (exact) mass is 344 g/mol. The van der Waals surface area contributed by atoms with E-state index in [1.54, 1.807) is 0 Å². The van der Waals surface area contributed by atoms with Crippen molar-refractivity contribution in [3.63, 3.8) is 0 Å². The van der Waals surface area contributed by atoms with Crippen molar-refractivity contribution >= 4 is 11.6 Å². The molecule has 1 aromatic carbocycles. The minimum absolute atomic E-state index is 0.299. The first-order chi connectivity index (χ1) is 12.1. The fourth-order valence-electron chi connectivity index (χ4n) is 3.88. The number of piperidine rings is 1. The standard InChI is InChI=1S/C20H32N4O/c1-17-4-3-5-19(16-17)24-14-12-23(13-15-24)11-8-20(25)22(2)18-6-9-21-10-7-18/h3-5,16,18,21H,6-15H2,1-2H3. The average molecular weight is 345 g/mol. The van der Waals surface area contributed by atoms with Crippen LogP contribution in [0, 0.1) is 6.92 Å². The Hall–Kier alpha value is -1.59. The van der Waals surface area contributed by atoms with E-state index in [2.05, 4.69) is 46.3 Å². The van der Waals surface area contributed by atoms with Gasteiger partial charge >= 0.3 is 0 Å². The number of anilines is 1. The summed E-state index contributed by atoms with van der Waals surface area (Å²) in [6.45, 7) is 9.26. The molecule has 2 heterocycles. The first-order valence-electron chi connectivity index (χ1n) is 9.64. The second-order valence-electron chi connectivity index (χ2n) is 7.40. The van der Waals surface area contributed by atoms with Gasteiger partial charge in [-0.25, -0.2) is 0 Å². The summed E-state index contributed by atoms with van der Waals surface area (Å²) in [5.74, 6) is 0.299. The lowest BCUT2D eigenvalue weighted by molar-refractivity contribution is -0.132. The Kier molecular flexibility index (Phi) is 6.32. The van der Waals surface area contributed by atoms with Crippen LogP contribution in [0.3, 0.4) is 0 Å². The van der Waals surface area contributed by atoms with Gasteiger partial charge in [0.2, 0.25) is 5.91 Å². The van der Waals surface area contributed by atoms with Gasteiger partial charge in [0.1, 0.15) is 0 Å². The number of nitrogens with zero attached hydrogens (tertiary/aromatic N) is 3. The zero-order chi connectivity index (χ0) is 17.6. The number of benzene rings is 1. The van der Waals surface area contributed by atoms with E-state index >= 15 is 0 Å². The van der Waals surface area contributed by atoms with Gasteiger partial charge in [0.25, 0.3) is 0 Å². The van der Waals surface area contributed by atoms with Crippen molar-refractivity contribution in [2.45, 2.75) is 32.2 Å². The van der Waals surface area contributed by atoms with Crippen LogP contribution < -0.4 is 10.2 Å². The molecule has 0 spiro atoms. The van der Waals surface area contributed by atoms with Crippen molar-refractivity contribution in [2.24, 2.45) is 0 Å². The summed E-state index contributed by atoms with van der Waals surface area (Å²) in [6.07, 6.45) is 2.81. The highest BCUT2D eigenvalue weighted by molar-refractivity contribution is 5.76. The molecule has 25 heavy (non-hydrogen) atoms. The van der Waals surface area contributed by atoms with Crippen LogP contribution in [-0.2, 0) is 4.79 Å². The molecular weight excluding hydrogens is 312 g/mol. The molecule has 5 heteroatoms. The topological polar surface area (TPSA) is 38.8 Å². The number of piperazine rings is 1. The Morgan fingerprint density at radius 3 is 2.60 bits per heavy atom. The molecule has 2 aliphatic rings. The summed E-state index contributed by atoms with van der Waals surface area (Å²) < 4.78 is 0. The van der Waals surface area contributed by atoms with Crippen molar-refractivity contribution in [2.75, 3.05) is 57.8 Å². The van der Waals surface area contributed by atoms with E-state index < -0.39 is 0 Å². The summed E-state index contributed by atoms with van der Waals surface area (Å²) in [7, 11) is 1.98. The van der Waals surface area contributed by atoms with Crippen LogP contribution in [0.15, 0.2) is 24.3 Å². The molecule has 2 fully saturated rings. The van der Waals surface area contributed by atoms with Gasteiger partial charge in [-0.3, -0.25) is 9.69 Å². The van der Waals surface area contributed by atoms with Crippen molar-refractivity contribution in [3.05, 3.63) is 29.8 Å². The lowest BCUT2D eigenvalue weighted by Crippen LogP contribution is -2.48. The van der Waals surface area contributed by atoms with Crippen LogP contribution >= 0.6 is 0 Å². The zero-order valence-electron chi connectivity index (χ0n) is 15.7. The Bertz CT molecular complexity index is 563. The number of hydrogen-bond donors (Lipinski definition) is 1. The zero-order valence-corrected chi connectivity index (χ0v) is 15.7. The predicted molar refractivity (Wildman–Crippen MR) is 103 cm³/mol. The normalized spacial score (nSPS) is 19.8. The third-order valence-electron chi connectivity index (χ3n) is 5.63. The van der Waals surface area contributed by atoms with Gasteiger partial charge in [-0.2, -0.15) is 0 Å². The number of hydrogen-bond acceptors (Lipinski definition) is 4. The lowest BCUT2D eigenvalue weighted by atomic mass is 10.1. The van der Waals surface area contributed by atoms with Crippen molar-refractivity contribution in [3.8, 4) is 0 Å². The minimum atomic E-state index is 0.299. The second kappa shape index (κ2) is 8.68. The molecule has 1 aromatic rings. The number of nitrogens with one attached hydrogen (secondary N) is 1. The molecule has 2 saturated heterocycles. The summed E-state index contributed by atoms with van der Waals surface area (Å²) in [5, 5.41) is 3.36. The Morgan fingerprint density at radius 1 is 1.20 bits per heavy atom. The number of carbonyl (C=O) groups excluding carboxylic acids is 1. The van der Waals surface area contributed by atoms with Crippen LogP contribution in [0.5, 0.6) is 0 Å². The molecule has 5 nitrogen and oxygen atoms in total. The molecule has 0 aliphatic carbocycles. The fourth-order valence-corrected chi connectivity index (χ4v) is 3.88. The van der Waals surface area contributed by atoms with Crippen molar-refractivity contribution in [1.82, 2.24) is 15.1 Å². The van der Waals surface area contributed by atoms with Gasteiger partial charge in [0.15, 0.2) is 0 Å². The predicted octanol–water partition coefficient (Wildman–Crippen LogP) is 1.72. The average Bonchev–Trinajstić information content (AvgIpc) is 2.66. The van der Waals surface area contributed by atoms with Gasteiger partial charge in [0.05, 0.1) is 0 Å². The molecule has 0 atom stereocenters. The van der Waals surface area contributed by atoms with Crippen LogP contribution in [0.1, 0.15) is 24.8 Å². The summed E-state index contributed by atoms with van der Waals surface area (Å²) in [5.41, 5.74) is 2.63. The Morgan fingerprint density at radius 2 is 1.92 bits per heavy atom. The van der Waals surface area contributed by atoms with Crippen LogP contribution in [0.25, 0.3) is 0 Å².